The minimum absolute atomic E-state index is 0.0892. The molecule has 1 amide bonds. The average molecular weight is 304 g/mol. The summed E-state index contributed by atoms with van der Waals surface area (Å²) >= 11 is 0. The van der Waals surface area contributed by atoms with Crippen LogP contribution in [-0.4, -0.2) is 51.6 Å². The van der Waals surface area contributed by atoms with Gasteiger partial charge >= 0.3 is 6.18 Å². The molecular formula is C12H15F3N4O2. The lowest BCUT2D eigenvalue weighted by molar-refractivity contribution is -0.138. The standard InChI is InChI=1S/C12H15F3N4O2/c13-12(14,15)8-4-16-11(17-5-8)18-9-2-1-3-19(6-9)10(21)7-20/h4-5,9,20H,1-3,6-7H2,(H,16,17,18)/t9-/m0/s1. The van der Waals surface area contributed by atoms with E-state index in [1.165, 1.54) is 4.90 Å². The van der Waals surface area contributed by atoms with Gasteiger partial charge < -0.3 is 15.3 Å². The molecular weight excluding hydrogens is 289 g/mol. The van der Waals surface area contributed by atoms with E-state index in [2.05, 4.69) is 15.3 Å². The number of carbonyl (C=O) groups excluding carboxylic acids is 1. The van der Waals surface area contributed by atoms with E-state index in [0.29, 0.717) is 13.1 Å². The van der Waals surface area contributed by atoms with Gasteiger partial charge in [-0.15, -0.1) is 0 Å². The van der Waals surface area contributed by atoms with Gasteiger partial charge in [0.25, 0.3) is 0 Å². The molecule has 1 aliphatic heterocycles. The largest absolute Gasteiger partial charge is 0.419 e. The van der Waals surface area contributed by atoms with Crippen molar-refractivity contribution in [1.82, 2.24) is 14.9 Å². The van der Waals surface area contributed by atoms with E-state index in [1.54, 1.807) is 0 Å². The Bertz CT molecular complexity index is 492. The Kier molecular flexibility index (Phi) is 4.61. The number of nitrogens with zero attached hydrogens (tertiary/aromatic N) is 3. The number of anilines is 1. The molecule has 1 atom stereocenters. The number of hydrogen-bond acceptors (Lipinski definition) is 5. The second-order valence-electron chi connectivity index (χ2n) is 4.77. The van der Waals surface area contributed by atoms with Gasteiger partial charge in [0.05, 0.1) is 5.56 Å². The van der Waals surface area contributed by atoms with Gasteiger partial charge in [-0.1, -0.05) is 0 Å². The normalized spacial score (nSPS) is 19.4. The molecule has 0 radical (unpaired) electrons. The molecule has 1 aromatic heterocycles. The highest BCUT2D eigenvalue weighted by atomic mass is 19.4. The van der Waals surface area contributed by atoms with Gasteiger partial charge in [-0.05, 0) is 12.8 Å². The summed E-state index contributed by atoms with van der Waals surface area (Å²) in [6, 6.07) is -0.147. The summed E-state index contributed by atoms with van der Waals surface area (Å²) in [4.78, 5) is 20.2. The molecule has 9 heteroatoms. The van der Waals surface area contributed by atoms with Gasteiger partial charge in [0.2, 0.25) is 11.9 Å². The van der Waals surface area contributed by atoms with Crippen molar-refractivity contribution in [2.45, 2.75) is 25.1 Å². The van der Waals surface area contributed by atoms with Gasteiger partial charge in [0.1, 0.15) is 6.61 Å². The fraction of sp³-hybridized carbons (Fsp3) is 0.583. The second kappa shape index (κ2) is 6.25. The Morgan fingerprint density at radius 2 is 2.10 bits per heavy atom. The second-order valence-corrected chi connectivity index (χ2v) is 4.77. The number of halogens is 3. The van der Waals surface area contributed by atoms with Gasteiger partial charge in [0.15, 0.2) is 0 Å². The predicted molar refractivity (Wildman–Crippen MR) is 67.3 cm³/mol. The molecule has 2 heterocycles. The van der Waals surface area contributed by atoms with Crippen LogP contribution in [-0.2, 0) is 11.0 Å². The molecule has 1 saturated heterocycles. The lowest BCUT2D eigenvalue weighted by Crippen LogP contribution is -2.46. The van der Waals surface area contributed by atoms with Crippen LogP contribution in [0.4, 0.5) is 19.1 Å². The van der Waals surface area contributed by atoms with E-state index in [0.717, 1.165) is 25.2 Å². The summed E-state index contributed by atoms with van der Waals surface area (Å²) in [7, 11) is 0. The van der Waals surface area contributed by atoms with E-state index in [9.17, 15) is 18.0 Å². The lowest BCUT2D eigenvalue weighted by atomic mass is 10.1. The van der Waals surface area contributed by atoms with Crippen LogP contribution < -0.4 is 5.32 Å². The van der Waals surface area contributed by atoms with Gasteiger partial charge in [-0.25, -0.2) is 9.97 Å². The Morgan fingerprint density at radius 1 is 1.43 bits per heavy atom. The Labute approximate surface area is 119 Å². The number of aliphatic hydroxyl groups excluding tert-OH is 1. The molecule has 1 fully saturated rings. The van der Waals surface area contributed by atoms with E-state index < -0.39 is 18.3 Å². The Morgan fingerprint density at radius 3 is 2.67 bits per heavy atom. The topological polar surface area (TPSA) is 78.4 Å². The first-order valence-electron chi connectivity index (χ1n) is 6.44. The summed E-state index contributed by atoms with van der Waals surface area (Å²) in [5, 5.41) is 11.7. The maximum atomic E-state index is 12.4. The summed E-state index contributed by atoms with van der Waals surface area (Å²) in [5.41, 5.74) is -0.909. The zero-order valence-corrected chi connectivity index (χ0v) is 11.1. The van der Waals surface area contributed by atoms with E-state index in [1.807, 2.05) is 0 Å². The molecule has 2 N–H and O–H groups in total. The smallest absolute Gasteiger partial charge is 0.387 e. The number of piperidine rings is 1. The van der Waals surface area contributed by atoms with Crippen LogP contribution in [0.3, 0.4) is 0 Å². The molecule has 0 spiro atoms. The number of aliphatic hydroxyl groups is 1. The summed E-state index contributed by atoms with van der Waals surface area (Å²) < 4.78 is 37.2. The zero-order valence-electron chi connectivity index (χ0n) is 11.1. The highest BCUT2D eigenvalue weighted by Crippen LogP contribution is 2.28. The molecule has 1 aliphatic rings. The molecule has 1 aromatic rings. The van der Waals surface area contributed by atoms with Crippen LogP contribution in [0.1, 0.15) is 18.4 Å². The molecule has 0 aliphatic carbocycles. The first-order chi connectivity index (χ1) is 9.90. The van der Waals surface area contributed by atoms with Gasteiger partial charge in [-0.2, -0.15) is 13.2 Å². The third kappa shape index (κ3) is 4.03. The number of nitrogens with one attached hydrogen (secondary N) is 1. The van der Waals surface area contributed by atoms with E-state index in [4.69, 9.17) is 5.11 Å². The monoisotopic (exact) mass is 304 g/mol. The van der Waals surface area contributed by atoms with Crippen molar-refractivity contribution in [2.75, 3.05) is 25.0 Å². The van der Waals surface area contributed by atoms with Crippen molar-refractivity contribution < 1.29 is 23.1 Å². The number of alkyl halides is 3. The molecule has 0 saturated carbocycles. The minimum atomic E-state index is -4.46. The zero-order chi connectivity index (χ0) is 15.5. The first-order valence-corrected chi connectivity index (χ1v) is 6.44. The SMILES string of the molecule is O=C(CO)N1CCC[C@H](Nc2ncc(C(F)(F)F)cn2)C1. The number of hydrogen-bond donors (Lipinski definition) is 2. The number of carbonyl (C=O) groups is 1. The van der Waals surface area contributed by atoms with Gasteiger partial charge in [-0.3, -0.25) is 4.79 Å². The number of amides is 1. The van der Waals surface area contributed by atoms with Crippen molar-refractivity contribution in [1.29, 1.82) is 0 Å². The van der Waals surface area contributed by atoms with Crippen LogP contribution in [0.5, 0.6) is 0 Å². The van der Waals surface area contributed by atoms with Crippen LogP contribution >= 0.6 is 0 Å². The number of aromatic nitrogens is 2. The summed E-state index contributed by atoms with van der Waals surface area (Å²) in [6.45, 7) is 0.374. The van der Waals surface area contributed by atoms with Crippen LogP contribution in [0, 0.1) is 0 Å². The molecule has 116 valence electrons. The summed E-state index contributed by atoms with van der Waals surface area (Å²) in [6.07, 6.45) is -1.54. The van der Waals surface area contributed by atoms with Crippen LogP contribution in [0.2, 0.25) is 0 Å². The molecule has 0 aromatic carbocycles. The molecule has 2 rings (SSSR count). The Balaban J connectivity index is 1.96. The maximum Gasteiger partial charge on any atom is 0.419 e. The fourth-order valence-corrected chi connectivity index (χ4v) is 2.15. The third-order valence-corrected chi connectivity index (χ3v) is 3.22. The maximum absolute atomic E-state index is 12.4. The molecule has 0 bridgehead atoms. The predicted octanol–water partition coefficient (Wildman–Crippen LogP) is 0.891. The number of rotatable bonds is 3. The van der Waals surface area contributed by atoms with Gasteiger partial charge in [0, 0.05) is 31.5 Å². The molecule has 6 nitrogen and oxygen atoms in total. The van der Waals surface area contributed by atoms with Crippen molar-refractivity contribution in [3.63, 3.8) is 0 Å². The lowest BCUT2D eigenvalue weighted by Gasteiger charge is -2.32. The van der Waals surface area contributed by atoms with Crippen molar-refractivity contribution in [3.8, 4) is 0 Å². The van der Waals surface area contributed by atoms with Crippen LogP contribution in [0.25, 0.3) is 0 Å². The van der Waals surface area contributed by atoms with Crippen molar-refractivity contribution in [3.05, 3.63) is 18.0 Å². The fourth-order valence-electron chi connectivity index (χ4n) is 2.15. The average Bonchev–Trinajstić information content (AvgIpc) is 2.46. The molecule has 0 unspecified atom stereocenters. The highest BCUT2D eigenvalue weighted by Gasteiger charge is 2.31. The van der Waals surface area contributed by atoms with Crippen LogP contribution in [0.15, 0.2) is 12.4 Å². The van der Waals surface area contributed by atoms with Crippen molar-refractivity contribution >= 4 is 11.9 Å². The summed E-state index contributed by atoms with van der Waals surface area (Å²) in [5.74, 6) is -0.277. The van der Waals surface area contributed by atoms with Crippen molar-refractivity contribution in [2.24, 2.45) is 0 Å². The van der Waals surface area contributed by atoms with E-state index in [-0.39, 0.29) is 17.9 Å². The Hall–Kier alpha value is -1.90. The third-order valence-electron chi connectivity index (χ3n) is 3.22. The minimum Gasteiger partial charge on any atom is -0.387 e. The molecule has 21 heavy (non-hydrogen) atoms. The first kappa shape index (κ1) is 15.5. The number of likely N-dealkylation sites (tertiary alicyclic amines) is 1. The quantitative estimate of drug-likeness (QED) is 0.867. The van der Waals surface area contributed by atoms with E-state index >= 15 is 0 Å². The highest BCUT2D eigenvalue weighted by molar-refractivity contribution is 5.77.